The van der Waals surface area contributed by atoms with E-state index in [-0.39, 0.29) is 24.3 Å². The molecule has 3 aromatic rings. The van der Waals surface area contributed by atoms with Gasteiger partial charge in [-0.1, -0.05) is 12.1 Å². The number of hydrogen-bond acceptors (Lipinski definition) is 4. The summed E-state index contributed by atoms with van der Waals surface area (Å²) in [6, 6.07) is 5.11. The Kier molecular flexibility index (Phi) is 6.66. The van der Waals surface area contributed by atoms with Crippen LogP contribution in [-0.2, 0) is 23.7 Å². The van der Waals surface area contributed by atoms with E-state index in [1.54, 1.807) is 42.5 Å². The van der Waals surface area contributed by atoms with Crippen molar-refractivity contribution in [1.82, 2.24) is 19.4 Å². The summed E-state index contributed by atoms with van der Waals surface area (Å²) in [7, 11) is 1.79. The third-order valence-electron chi connectivity index (χ3n) is 7.14. The summed E-state index contributed by atoms with van der Waals surface area (Å²) < 4.78 is 58.1. The molecule has 0 N–H and O–H groups in total. The van der Waals surface area contributed by atoms with Gasteiger partial charge in [0.15, 0.2) is 5.49 Å². The summed E-state index contributed by atoms with van der Waals surface area (Å²) >= 11 is 0. The summed E-state index contributed by atoms with van der Waals surface area (Å²) in [6.45, 7) is 7.02. The predicted octanol–water partition coefficient (Wildman–Crippen LogP) is 5.07. The molecule has 1 amide bonds. The Balaban J connectivity index is 1.82. The number of fused-ring (bicyclic) bond motifs is 1. The predicted molar refractivity (Wildman–Crippen MR) is 128 cm³/mol. The highest BCUT2D eigenvalue weighted by atomic mass is 19.4. The lowest BCUT2D eigenvalue weighted by atomic mass is 9.86. The van der Waals surface area contributed by atoms with Crippen LogP contribution in [0, 0.1) is 13.8 Å². The number of aromatic nitrogens is 3. The van der Waals surface area contributed by atoms with Gasteiger partial charge in [0, 0.05) is 51.7 Å². The topological polar surface area (TPSA) is 63.4 Å². The lowest BCUT2D eigenvalue weighted by Gasteiger charge is -2.36. The van der Waals surface area contributed by atoms with Crippen LogP contribution in [0.25, 0.3) is 11.0 Å². The van der Waals surface area contributed by atoms with Crippen LogP contribution >= 0.6 is 0 Å². The number of carbonyl (C=O) groups is 1. The minimum Gasteiger partial charge on any atom is -0.343 e. The fourth-order valence-electron chi connectivity index (χ4n) is 4.81. The van der Waals surface area contributed by atoms with Crippen molar-refractivity contribution in [3.05, 3.63) is 64.0 Å². The summed E-state index contributed by atoms with van der Waals surface area (Å²) in [5, 5.41) is 0.517. The fourth-order valence-corrected chi connectivity index (χ4v) is 4.81. The normalized spacial score (nSPS) is 17.5. The smallest absolute Gasteiger partial charge is 0.343 e. The van der Waals surface area contributed by atoms with Crippen molar-refractivity contribution >= 4 is 16.9 Å². The van der Waals surface area contributed by atoms with Crippen LogP contribution in [-0.4, -0.2) is 38.4 Å². The third kappa shape index (κ3) is 4.73. The van der Waals surface area contributed by atoms with Gasteiger partial charge in [0.1, 0.15) is 17.1 Å². The van der Waals surface area contributed by atoms with Gasteiger partial charge < -0.3 is 9.47 Å². The van der Waals surface area contributed by atoms with Crippen molar-refractivity contribution in [3.8, 4) is 0 Å². The van der Waals surface area contributed by atoms with E-state index in [0.717, 1.165) is 6.07 Å². The molecule has 4 rings (SSSR count). The Morgan fingerprint density at radius 3 is 2.47 bits per heavy atom. The minimum atomic E-state index is -4.46. The van der Waals surface area contributed by atoms with Gasteiger partial charge in [-0.25, -0.2) is 14.4 Å². The number of pyridine rings is 1. The monoisotopic (exact) mass is 503 g/mol. The first kappa shape index (κ1) is 25.8. The number of hydrogen-bond donors (Lipinski definition) is 0. The molecule has 0 unspecified atom stereocenters. The quantitative estimate of drug-likeness (QED) is 0.469. The second-order valence-electron chi connectivity index (χ2n) is 9.43. The van der Waals surface area contributed by atoms with Gasteiger partial charge in [-0.05, 0) is 44.0 Å². The van der Waals surface area contributed by atoms with Gasteiger partial charge in [-0.15, -0.1) is 0 Å². The number of nitrogens with zero attached hydrogens (tertiary/aromatic N) is 5. The Morgan fingerprint density at radius 2 is 1.86 bits per heavy atom. The third-order valence-corrected chi connectivity index (χ3v) is 7.14. The van der Waals surface area contributed by atoms with Crippen molar-refractivity contribution < 1.29 is 22.4 Å². The Hall–Kier alpha value is -3.30. The van der Waals surface area contributed by atoms with Crippen molar-refractivity contribution in [1.29, 1.82) is 0 Å². The summed E-state index contributed by atoms with van der Waals surface area (Å²) in [5.41, 5.74) is -0.585. The lowest BCUT2D eigenvalue weighted by molar-refractivity contribution is -0.138. The molecule has 1 fully saturated rings. The van der Waals surface area contributed by atoms with E-state index in [1.165, 1.54) is 26.1 Å². The number of amides is 1. The second-order valence-corrected chi connectivity index (χ2v) is 9.43. The molecular formula is C26H29F4N5O. The van der Waals surface area contributed by atoms with Gasteiger partial charge in [-0.2, -0.15) is 13.2 Å². The average Bonchev–Trinajstić information content (AvgIpc) is 2.81. The Bertz CT molecular complexity index is 1390. The number of aryl methyl sites for hydroxylation is 2. The number of piperidine rings is 1. The molecule has 0 spiro atoms. The molecule has 1 atom stereocenters. The highest BCUT2D eigenvalue weighted by molar-refractivity contribution is 5.75. The number of carbonyl (C=O) groups excluding carboxylic acids is 1. The van der Waals surface area contributed by atoms with Crippen LogP contribution in [0.2, 0.25) is 0 Å². The average molecular weight is 504 g/mol. The first-order valence-corrected chi connectivity index (χ1v) is 11.8. The Labute approximate surface area is 206 Å². The molecule has 36 heavy (non-hydrogen) atoms. The van der Waals surface area contributed by atoms with E-state index in [0.29, 0.717) is 46.6 Å². The number of benzene rings is 1. The van der Waals surface area contributed by atoms with Gasteiger partial charge in [0.25, 0.3) is 0 Å². The molecule has 1 aliphatic heterocycles. The van der Waals surface area contributed by atoms with Gasteiger partial charge in [-0.3, -0.25) is 9.79 Å². The number of halogens is 4. The zero-order valence-corrected chi connectivity index (χ0v) is 20.9. The van der Waals surface area contributed by atoms with Crippen molar-refractivity contribution in [2.75, 3.05) is 13.1 Å². The van der Waals surface area contributed by atoms with Crippen LogP contribution in [0.15, 0.2) is 35.5 Å². The molecule has 0 radical (unpaired) electrons. The first-order valence-electron chi connectivity index (χ1n) is 11.8. The maximum atomic E-state index is 16.0. The molecule has 3 heterocycles. The van der Waals surface area contributed by atoms with Gasteiger partial charge in [0.05, 0.1) is 17.0 Å². The van der Waals surface area contributed by atoms with Crippen molar-refractivity contribution in [2.24, 2.45) is 12.0 Å². The first-order chi connectivity index (χ1) is 16.8. The number of alkyl halides is 4. The van der Waals surface area contributed by atoms with Crippen LogP contribution in [0.1, 0.15) is 60.8 Å². The number of rotatable bonds is 3. The van der Waals surface area contributed by atoms with Crippen molar-refractivity contribution in [3.63, 3.8) is 0 Å². The van der Waals surface area contributed by atoms with E-state index in [4.69, 9.17) is 0 Å². The standard InChI is InChI=1S/C26H29F4N5O/c1-15-20(7-6-8-22(15)26(28,29)30)16(2)32-23-21-13-19(14-31-24(21)34(5)17(3)33-23)25(27)9-11-35(12-10-25)18(4)36/h6-8,13-14,16H,9-12H2,1-5H3/t16-/m1/s1. The molecule has 0 saturated carbocycles. The maximum Gasteiger partial charge on any atom is 0.416 e. The highest BCUT2D eigenvalue weighted by Crippen LogP contribution is 2.38. The van der Waals surface area contributed by atoms with Crippen molar-refractivity contribution in [2.45, 2.75) is 58.4 Å². The van der Waals surface area contributed by atoms with Gasteiger partial charge in [0.2, 0.25) is 5.91 Å². The van der Waals surface area contributed by atoms with E-state index >= 15 is 4.39 Å². The van der Waals surface area contributed by atoms with Crippen LogP contribution in [0.3, 0.4) is 0 Å². The van der Waals surface area contributed by atoms with E-state index in [1.807, 2.05) is 0 Å². The largest absolute Gasteiger partial charge is 0.416 e. The molecule has 0 aliphatic carbocycles. The Morgan fingerprint density at radius 1 is 1.19 bits per heavy atom. The maximum absolute atomic E-state index is 16.0. The van der Waals surface area contributed by atoms with Gasteiger partial charge >= 0.3 is 6.18 Å². The van der Waals surface area contributed by atoms with E-state index < -0.39 is 23.5 Å². The molecule has 6 nitrogen and oxygen atoms in total. The van der Waals surface area contributed by atoms with Crippen LogP contribution < -0.4 is 5.49 Å². The molecule has 1 aromatic carbocycles. The lowest BCUT2D eigenvalue weighted by Crippen LogP contribution is -2.42. The summed E-state index contributed by atoms with van der Waals surface area (Å²) in [5.74, 6) is 0.527. The molecule has 2 aromatic heterocycles. The highest BCUT2D eigenvalue weighted by Gasteiger charge is 2.38. The second kappa shape index (κ2) is 9.29. The van der Waals surface area contributed by atoms with Crippen LogP contribution in [0.5, 0.6) is 0 Å². The zero-order valence-electron chi connectivity index (χ0n) is 20.9. The fraction of sp³-hybridized carbons (Fsp3) is 0.462. The summed E-state index contributed by atoms with van der Waals surface area (Å²) in [6.07, 6.45) is -2.65. The molecule has 1 saturated heterocycles. The minimum absolute atomic E-state index is 0.0830. The molecular weight excluding hydrogens is 474 g/mol. The zero-order chi connectivity index (χ0) is 26.4. The molecule has 10 heteroatoms. The SMILES string of the molecule is CC(=O)N1CCC(F)(c2cnc3c(c2)c(=N[C@H](C)c2cccc(C(F)(F)F)c2C)nc(C)n3C)CC1. The molecule has 1 aliphatic rings. The van der Waals surface area contributed by atoms with Crippen LogP contribution in [0.4, 0.5) is 17.6 Å². The van der Waals surface area contributed by atoms with E-state index in [9.17, 15) is 18.0 Å². The number of likely N-dealkylation sites (tertiary alicyclic amines) is 1. The molecule has 0 bridgehead atoms. The molecule has 192 valence electrons. The summed E-state index contributed by atoms with van der Waals surface area (Å²) in [4.78, 5) is 27.0. The van der Waals surface area contributed by atoms with E-state index in [2.05, 4.69) is 15.0 Å².